The van der Waals surface area contributed by atoms with Crippen molar-refractivity contribution in [3.8, 4) is 11.3 Å². The number of pyridine rings is 1. The van der Waals surface area contributed by atoms with Crippen LogP contribution in [0.15, 0.2) is 90.1 Å². The highest BCUT2D eigenvalue weighted by atomic mass is 32.2. The highest BCUT2D eigenvalue weighted by Crippen LogP contribution is 2.30. The van der Waals surface area contributed by atoms with Gasteiger partial charge in [-0.1, -0.05) is 18.2 Å². The van der Waals surface area contributed by atoms with Crippen molar-refractivity contribution in [2.45, 2.75) is 17.6 Å². The van der Waals surface area contributed by atoms with E-state index in [0.29, 0.717) is 22.6 Å². The maximum Gasteiger partial charge on any atom is 0.416 e. The van der Waals surface area contributed by atoms with Crippen LogP contribution in [0.25, 0.3) is 11.3 Å². The number of sulfonamides is 1. The minimum atomic E-state index is -4.41. The van der Waals surface area contributed by atoms with Crippen LogP contribution in [0, 0.1) is 0 Å². The summed E-state index contributed by atoms with van der Waals surface area (Å²) in [6, 6.07) is 17.5. The van der Waals surface area contributed by atoms with Gasteiger partial charge in [0.25, 0.3) is 0 Å². The molecule has 0 saturated carbocycles. The van der Waals surface area contributed by atoms with Gasteiger partial charge in [0.05, 0.1) is 28.4 Å². The van der Waals surface area contributed by atoms with E-state index in [9.17, 15) is 21.6 Å². The van der Waals surface area contributed by atoms with E-state index in [2.05, 4.69) is 25.0 Å². The summed E-state index contributed by atoms with van der Waals surface area (Å²) < 4.78 is 65.8. The lowest BCUT2D eigenvalue weighted by Gasteiger charge is -2.10. The second-order valence-corrected chi connectivity index (χ2v) is 8.90. The second-order valence-electron chi connectivity index (χ2n) is 7.14. The monoisotopic (exact) mass is 485 g/mol. The number of aromatic nitrogens is 3. The molecule has 4 rings (SSSR count). The number of halogens is 3. The van der Waals surface area contributed by atoms with Gasteiger partial charge in [-0.25, -0.2) is 23.1 Å². The molecule has 0 saturated heterocycles. The summed E-state index contributed by atoms with van der Waals surface area (Å²) in [5, 5.41) is 2.96. The SMILES string of the molecule is O=S(=O)(NCc1ccccn1)c1ccc(Nc2nccc(-c3ccc(C(F)(F)F)cc3)n2)cc1. The summed E-state index contributed by atoms with van der Waals surface area (Å²) in [5.41, 5.74) is 1.32. The van der Waals surface area contributed by atoms with Crippen LogP contribution >= 0.6 is 0 Å². The summed E-state index contributed by atoms with van der Waals surface area (Å²) in [6.45, 7) is 0.0633. The highest BCUT2D eigenvalue weighted by molar-refractivity contribution is 7.89. The van der Waals surface area contributed by atoms with Crippen molar-refractivity contribution >= 4 is 21.7 Å². The fraction of sp³-hybridized carbons (Fsp3) is 0.0870. The molecule has 0 aliphatic carbocycles. The van der Waals surface area contributed by atoms with Gasteiger partial charge in [-0.3, -0.25) is 4.98 Å². The molecule has 2 aromatic heterocycles. The fourth-order valence-electron chi connectivity index (χ4n) is 3.01. The Labute approximate surface area is 193 Å². The number of nitrogens with one attached hydrogen (secondary N) is 2. The van der Waals surface area contributed by atoms with Crippen LogP contribution in [0.4, 0.5) is 24.8 Å². The largest absolute Gasteiger partial charge is 0.416 e. The van der Waals surface area contributed by atoms with E-state index >= 15 is 0 Å². The Morgan fingerprint density at radius 1 is 0.824 bits per heavy atom. The van der Waals surface area contributed by atoms with Crippen molar-refractivity contribution in [3.63, 3.8) is 0 Å². The van der Waals surface area contributed by atoms with Gasteiger partial charge < -0.3 is 5.32 Å². The fourth-order valence-corrected chi connectivity index (χ4v) is 4.01. The Balaban J connectivity index is 1.44. The maximum atomic E-state index is 12.8. The Morgan fingerprint density at radius 3 is 2.21 bits per heavy atom. The van der Waals surface area contributed by atoms with Crippen LogP contribution < -0.4 is 10.0 Å². The number of hydrogen-bond acceptors (Lipinski definition) is 6. The van der Waals surface area contributed by atoms with Crippen molar-refractivity contribution < 1.29 is 21.6 Å². The first kappa shape index (κ1) is 23.3. The standard InChI is InChI=1S/C23H18F3N5O2S/c24-23(25,26)17-6-4-16(5-7-17)21-12-14-28-22(31-21)30-18-8-10-20(11-9-18)34(32,33)29-15-19-3-1-2-13-27-19/h1-14,29H,15H2,(H,28,30,31). The molecule has 0 spiro atoms. The number of benzene rings is 2. The molecule has 0 fully saturated rings. The van der Waals surface area contributed by atoms with Gasteiger partial charge in [0.15, 0.2) is 0 Å². The van der Waals surface area contributed by atoms with E-state index < -0.39 is 21.8 Å². The van der Waals surface area contributed by atoms with E-state index in [1.165, 1.54) is 30.5 Å². The van der Waals surface area contributed by atoms with Gasteiger partial charge >= 0.3 is 6.18 Å². The average Bonchev–Trinajstić information content (AvgIpc) is 2.84. The number of rotatable bonds is 7. The van der Waals surface area contributed by atoms with E-state index in [1.807, 2.05) is 0 Å². The van der Waals surface area contributed by atoms with Crippen molar-refractivity contribution in [1.29, 1.82) is 0 Å². The molecule has 34 heavy (non-hydrogen) atoms. The van der Waals surface area contributed by atoms with Crippen LogP contribution in [-0.4, -0.2) is 23.4 Å². The molecule has 4 aromatic rings. The molecular weight excluding hydrogens is 467 g/mol. The predicted octanol–water partition coefficient (Wildman–Crippen LogP) is 4.78. The lowest BCUT2D eigenvalue weighted by atomic mass is 10.1. The van der Waals surface area contributed by atoms with Gasteiger partial charge in [-0.05, 0) is 54.6 Å². The van der Waals surface area contributed by atoms with Gasteiger partial charge in [-0.15, -0.1) is 0 Å². The Bertz CT molecular complexity index is 1360. The van der Waals surface area contributed by atoms with E-state index in [1.54, 1.807) is 42.6 Å². The summed E-state index contributed by atoms with van der Waals surface area (Å²) >= 11 is 0. The zero-order valence-corrected chi connectivity index (χ0v) is 18.3. The lowest BCUT2D eigenvalue weighted by Crippen LogP contribution is -2.23. The van der Waals surface area contributed by atoms with Crippen LogP contribution in [0.3, 0.4) is 0 Å². The molecule has 0 atom stereocenters. The molecule has 2 N–H and O–H groups in total. The third-order valence-corrected chi connectivity index (χ3v) is 6.17. The first-order chi connectivity index (χ1) is 16.2. The topological polar surface area (TPSA) is 96.9 Å². The van der Waals surface area contributed by atoms with Gasteiger partial charge in [0.1, 0.15) is 0 Å². The first-order valence-corrected chi connectivity index (χ1v) is 11.5. The summed E-state index contributed by atoms with van der Waals surface area (Å²) in [7, 11) is -3.73. The minimum absolute atomic E-state index is 0.0633. The number of hydrogen-bond donors (Lipinski definition) is 2. The maximum absolute atomic E-state index is 12.8. The summed E-state index contributed by atoms with van der Waals surface area (Å²) in [4.78, 5) is 12.6. The Hall–Kier alpha value is -3.83. The van der Waals surface area contributed by atoms with Crippen molar-refractivity contribution in [3.05, 3.63) is 96.4 Å². The first-order valence-electron chi connectivity index (χ1n) is 9.98. The normalized spacial score (nSPS) is 11.9. The third kappa shape index (κ3) is 5.74. The van der Waals surface area contributed by atoms with Gasteiger partial charge in [0, 0.05) is 23.6 Å². The quantitative estimate of drug-likeness (QED) is 0.391. The molecule has 7 nitrogen and oxygen atoms in total. The molecule has 11 heteroatoms. The van der Waals surface area contributed by atoms with Crippen LogP contribution in [0.1, 0.15) is 11.3 Å². The average molecular weight is 485 g/mol. The number of nitrogens with zero attached hydrogens (tertiary/aromatic N) is 3. The van der Waals surface area contributed by atoms with Crippen LogP contribution in [0.2, 0.25) is 0 Å². The van der Waals surface area contributed by atoms with Crippen LogP contribution in [0.5, 0.6) is 0 Å². The Kier molecular flexibility index (Phi) is 6.57. The molecule has 0 aliphatic heterocycles. The van der Waals surface area contributed by atoms with Gasteiger partial charge in [-0.2, -0.15) is 13.2 Å². The predicted molar refractivity (Wildman–Crippen MR) is 120 cm³/mol. The molecule has 0 unspecified atom stereocenters. The molecule has 2 heterocycles. The summed E-state index contributed by atoms with van der Waals surface area (Å²) in [6.07, 6.45) is -1.36. The highest BCUT2D eigenvalue weighted by Gasteiger charge is 2.30. The summed E-state index contributed by atoms with van der Waals surface area (Å²) in [5.74, 6) is 0.210. The zero-order chi connectivity index (χ0) is 24.2. The Morgan fingerprint density at radius 2 is 1.56 bits per heavy atom. The third-order valence-electron chi connectivity index (χ3n) is 4.75. The number of anilines is 2. The molecule has 0 radical (unpaired) electrons. The minimum Gasteiger partial charge on any atom is -0.324 e. The van der Waals surface area contributed by atoms with Crippen molar-refractivity contribution in [2.75, 3.05) is 5.32 Å². The second kappa shape index (κ2) is 9.57. The van der Waals surface area contributed by atoms with E-state index in [-0.39, 0.29) is 17.4 Å². The van der Waals surface area contributed by atoms with E-state index in [0.717, 1.165) is 12.1 Å². The van der Waals surface area contributed by atoms with Crippen molar-refractivity contribution in [1.82, 2.24) is 19.7 Å². The van der Waals surface area contributed by atoms with E-state index in [4.69, 9.17) is 0 Å². The zero-order valence-electron chi connectivity index (χ0n) is 17.5. The number of alkyl halides is 3. The molecule has 2 aromatic carbocycles. The molecular formula is C23H18F3N5O2S. The molecule has 0 aliphatic rings. The van der Waals surface area contributed by atoms with Gasteiger partial charge in [0.2, 0.25) is 16.0 Å². The molecule has 0 bridgehead atoms. The van der Waals surface area contributed by atoms with Crippen LogP contribution in [-0.2, 0) is 22.7 Å². The van der Waals surface area contributed by atoms with Crippen molar-refractivity contribution in [2.24, 2.45) is 0 Å². The smallest absolute Gasteiger partial charge is 0.324 e. The molecule has 174 valence electrons. The lowest BCUT2D eigenvalue weighted by molar-refractivity contribution is -0.137. The molecule has 0 amide bonds.